The van der Waals surface area contributed by atoms with Crippen LogP contribution in [0.3, 0.4) is 0 Å². The maximum Gasteiger partial charge on any atom is 0.224 e. The van der Waals surface area contributed by atoms with Gasteiger partial charge in [0, 0.05) is 24.1 Å². The SMILES string of the molecule is CCC(=O)Nc1ccc(C#CCCO)cc1C. The molecule has 0 aromatic heterocycles. The van der Waals surface area contributed by atoms with Crippen molar-refractivity contribution in [3.05, 3.63) is 29.3 Å². The van der Waals surface area contributed by atoms with Gasteiger partial charge in [-0.25, -0.2) is 0 Å². The molecule has 0 atom stereocenters. The largest absolute Gasteiger partial charge is 0.395 e. The maximum atomic E-state index is 11.3. The zero-order chi connectivity index (χ0) is 12.7. The normalized spacial score (nSPS) is 9.35. The molecule has 0 unspecified atom stereocenters. The molecule has 17 heavy (non-hydrogen) atoms. The highest BCUT2D eigenvalue weighted by Crippen LogP contribution is 2.16. The van der Waals surface area contributed by atoms with Crippen LogP contribution in [0.4, 0.5) is 5.69 Å². The van der Waals surface area contributed by atoms with Crippen molar-refractivity contribution in [3.63, 3.8) is 0 Å². The van der Waals surface area contributed by atoms with E-state index in [2.05, 4.69) is 17.2 Å². The lowest BCUT2D eigenvalue weighted by Gasteiger charge is -2.07. The number of benzene rings is 1. The van der Waals surface area contributed by atoms with E-state index in [9.17, 15) is 4.79 Å². The van der Waals surface area contributed by atoms with E-state index in [4.69, 9.17) is 5.11 Å². The average molecular weight is 231 g/mol. The first kappa shape index (κ1) is 13.3. The summed E-state index contributed by atoms with van der Waals surface area (Å²) in [5.41, 5.74) is 2.71. The number of rotatable bonds is 3. The van der Waals surface area contributed by atoms with E-state index in [0.717, 1.165) is 16.8 Å². The molecular weight excluding hydrogens is 214 g/mol. The summed E-state index contributed by atoms with van der Waals surface area (Å²) in [7, 11) is 0. The minimum atomic E-state index is 0.00668. The van der Waals surface area contributed by atoms with Crippen molar-refractivity contribution in [2.75, 3.05) is 11.9 Å². The minimum Gasteiger partial charge on any atom is -0.395 e. The number of carbonyl (C=O) groups excluding carboxylic acids is 1. The van der Waals surface area contributed by atoms with Gasteiger partial charge in [-0.2, -0.15) is 0 Å². The zero-order valence-electron chi connectivity index (χ0n) is 10.2. The summed E-state index contributed by atoms with van der Waals surface area (Å²) < 4.78 is 0. The van der Waals surface area contributed by atoms with Gasteiger partial charge in [-0.1, -0.05) is 18.8 Å². The molecule has 0 aliphatic heterocycles. The van der Waals surface area contributed by atoms with E-state index < -0.39 is 0 Å². The number of aryl methyl sites for hydroxylation is 1. The van der Waals surface area contributed by atoms with Crippen LogP contribution in [0.25, 0.3) is 0 Å². The first-order valence-corrected chi connectivity index (χ1v) is 5.67. The minimum absolute atomic E-state index is 0.00668. The first-order valence-electron chi connectivity index (χ1n) is 5.67. The molecule has 0 fully saturated rings. The van der Waals surface area contributed by atoms with Crippen LogP contribution in [0.2, 0.25) is 0 Å². The lowest BCUT2D eigenvalue weighted by atomic mass is 10.1. The second kappa shape index (κ2) is 6.72. The molecule has 3 nitrogen and oxygen atoms in total. The van der Waals surface area contributed by atoms with Gasteiger partial charge >= 0.3 is 0 Å². The van der Waals surface area contributed by atoms with Gasteiger partial charge in [0.2, 0.25) is 5.91 Å². The van der Waals surface area contributed by atoms with Gasteiger partial charge in [0.25, 0.3) is 0 Å². The van der Waals surface area contributed by atoms with Gasteiger partial charge in [0.05, 0.1) is 6.61 Å². The van der Waals surface area contributed by atoms with Crippen molar-refractivity contribution in [2.45, 2.75) is 26.7 Å². The third kappa shape index (κ3) is 4.29. The van der Waals surface area contributed by atoms with Crippen LogP contribution in [0, 0.1) is 18.8 Å². The number of aliphatic hydroxyl groups is 1. The molecule has 0 aliphatic carbocycles. The Hall–Kier alpha value is -1.79. The number of anilines is 1. The smallest absolute Gasteiger partial charge is 0.224 e. The fourth-order valence-corrected chi connectivity index (χ4v) is 1.34. The lowest BCUT2D eigenvalue weighted by Crippen LogP contribution is -2.10. The summed E-state index contributed by atoms with van der Waals surface area (Å²) in [5.74, 6) is 5.83. The molecule has 0 saturated carbocycles. The molecule has 1 aromatic carbocycles. The van der Waals surface area contributed by atoms with Gasteiger partial charge < -0.3 is 10.4 Å². The first-order chi connectivity index (χ1) is 8.17. The number of hydrogen-bond acceptors (Lipinski definition) is 2. The van der Waals surface area contributed by atoms with E-state index in [1.807, 2.05) is 32.0 Å². The van der Waals surface area contributed by atoms with Crippen molar-refractivity contribution < 1.29 is 9.90 Å². The van der Waals surface area contributed by atoms with Crippen LogP contribution in [-0.4, -0.2) is 17.6 Å². The molecule has 1 aromatic rings. The highest BCUT2D eigenvalue weighted by Gasteiger charge is 2.02. The Morgan fingerprint density at radius 1 is 1.47 bits per heavy atom. The molecule has 0 spiro atoms. The monoisotopic (exact) mass is 231 g/mol. The summed E-state index contributed by atoms with van der Waals surface area (Å²) in [6, 6.07) is 5.64. The van der Waals surface area contributed by atoms with Crippen molar-refractivity contribution in [1.82, 2.24) is 0 Å². The molecule has 2 N–H and O–H groups in total. The van der Waals surface area contributed by atoms with Crippen LogP contribution >= 0.6 is 0 Å². The number of carbonyl (C=O) groups is 1. The second-order valence-corrected chi connectivity index (χ2v) is 3.71. The highest BCUT2D eigenvalue weighted by molar-refractivity contribution is 5.91. The number of hydrogen-bond donors (Lipinski definition) is 2. The van der Waals surface area contributed by atoms with E-state index in [0.29, 0.717) is 12.8 Å². The predicted octanol–water partition coefficient (Wildman–Crippen LogP) is 2.08. The molecule has 90 valence electrons. The number of amides is 1. The van der Waals surface area contributed by atoms with Crippen LogP contribution in [0.15, 0.2) is 18.2 Å². The summed E-state index contributed by atoms with van der Waals surface area (Å²) in [5, 5.41) is 11.4. The molecule has 0 heterocycles. The Morgan fingerprint density at radius 2 is 2.24 bits per heavy atom. The van der Waals surface area contributed by atoms with E-state index in [1.54, 1.807) is 0 Å². The number of nitrogens with one attached hydrogen (secondary N) is 1. The third-order valence-electron chi connectivity index (χ3n) is 2.29. The van der Waals surface area contributed by atoms with Gasteiger partial charge in [0.15, 0.2) is 0 Å². The maximum absolute atomic E-state index is 11.3. The van der Waals surface area contributed by atoms with Gasteiger partial charge in [-0.3, -0.25) is 4.79 Å². The van der Waals surface area contributed by atoms with E-state index in [-0.39, 0.29) is 12.5 Å². The quantitative estimate of drug-likeness (QED) is 0.782. The van der Waals surface area contributed by atoms with Crippen molar-refractivity contribution in [2.24, 2.45) is 0 Å². The fraction of sp³-hybridized carbons (Fsp3) is 0.357. The molecule has 1 amide bonds. The second-order valence-electron chi connectivity index (χ2n) is 3.71. The molecular formula is C14H17NO2. The van der Waals surface area contributed by atoms with Crippen molar-refractivity contribution in [1.29, 1.82) is 0 Å². The van der Waals surface area contributed by atoms with Crippen molar-refractivity contribution in [3.8, 4) is 11.8 Å². The average Bonchev–Trinajstić information content (AvgIpc) is 2.32. The highest BCUT2D eigenvalue weighted by atomic mass is 16.2. The van der Waals surface area contributed by atoms with Crippen LogP contribution in [0.1, 0.15) is 30.9 Å². The Balaban J connectivity index is 2.80. The summed E-state index contributed by atoms with van der Waals surface area (Å²) in [6.45, 7) is 3.83. The topological polar surface area (TPSA) is 49.3 Å². The van der Waals surface area contributed by atoms with Crippen molar-refractivity contribution >= 4 is 11.6 Å². The predicted molar refractivity (Wildman–Crippen MR) is 68.7 cm³/mol. The molecule has 0 aliphatic rings. The fourth-order valence-electron chi connectivity index (χ4n) is 1.34. The van der Waals surface area contributed by atoms with Crippen LogP contribution < -0.4 is 5.32 Å². The van der Waals surface area contributed by atoms with E-state index in [1.165, 1.54) is 0 Å². The Morgan fingerprint density at radius 3 is 2.82 bits per heavy atom. The Kier molecular flexibility index (Phi) is 5.25. The zero-order valence-corrected chi connectivity index (χ0v) is 10.2. The van der Waals surface area contributed by atoms with Gasteiger partial charge in [-0.15, -0.1) is 0 Å². The van der Waals surface area contributed by atoms with Crippen LogP contribution in [0.5, 0.6) is 0 Å². The third-order valence-corrected chi connectivity index (χ3v) is 2.29. The summed E-state index contributed by atoms with van der Waals surface area (Å²) in [4.78, 5) is 11.3. The Bertz CT molecular complexity index is 455. The summed E-state index contributed by atoms with van der Waals surface area (Å²) in [6.07, 6.45) is 0.949. The molecule has 1 rings (SSSR count). The molecule has 0 saturated heterocycles. The molecule has 0 radical (unpaired) electrons. The van der Waals surface area contributed by atoms with Gasteiger partial charge in [-0.05, 0) is 30.7 Å². The summed E-state index contributed by atoms with van der Waals surface area (Å²) >= 11 is 0. The van der Waals surface area contributed by atoms with E-state index >= 15 is 0 Å². The molecule has 3 heteroatoms. The standard InChI is InChI=1S/C14H17NO2/c1-3-14(17)15-13-8-7-12(10-11(13)2)6-4-5-9-16/h7-8,10,16H,3,5,9H2,1-2H3,(H,15,17). The Labute approximate surface area is 102 Å². The molecule has 0 bridgehead atoms. The lowest BCUT2D eigenvalue weighted by molar-refractivity contribution is -0.115. The van der Waals surface area contributed by atoms with Gasteiger partial charge in [0.1, 0.15) is 0 Å². The van der Waals surface area contributed by atoms with Crippen LogP contribution in [-0.2, 0) is 4.79 Å². The number of aliphatic hydroxyl groups excluding tert-OH is 1.